The number of nitrogens with zero attached hydrogens (tertiary/aromatic N) is 4. The summed E-state index contributed by atoms with van der Waals surface area (Å²) >= 11 is 1.59. The third-order valence-corrected chi connectivity index (χ3v) is 4.82. The molecule has 4 aromatic rings. The molecule has 0 atom stereocenters. The first-order valence-electron chi connectivity index (χ1n) is 8.96. The van der Waals surface area contributed by atoms with Gasteiger partial charge in [-0.05, 0) is 32.0 Å². The number of benzene rings is 1. The highest BCUT2D eigenvalue weighted by Crippen LogP contribution is 2.31. The SMILES string of the molecule is CNC(=O)c1nnc(-c2cnc(Nc3ccc4ncsc4c3)cc2NC(C)C)o1. The van der Waals surface area contributed by atoms with Gasteiger partial charge >= 0.3 is 11.8 Å². The second-order valence-electron chi connectivity index (χ2n) is 6.57. The number of hydrogen-bond acceptors (Lipinski definition) is 9. The molecule has 3 aromatic heterocycles. The number of anilines is 3. The van der Waals surface area contributed by atoms with Gasteiger partial charge in [-0.3, -0.25) is 4.79 Å². The predicted octanol–water partition coefficient (Wildman–Crippen LogP) is 3.66. The summed E-state index contributed by atoms with van der Waals surface area (Å²) in [6.45, 7) is 4.05. The zero-order valence-electron chi connectivity index (χ0n) is 16.1. The normalized spacial score (nSPS) is 11.0. The molecule has 0 radical (unpaired) electrons. The van der Waals surface area contributed by atoms with Crippen molar-refractivity contribution in [2.75, 3.05) is 17.7 Å². The molecule has 0 unspecified atom stereocenters. The Morgan fingerprint density at radius 2 is 2.03 bits per heavy atom. The highest BCUT2D eigenvalue weighted by molar-refractivity contribution is 7.16. The largest absolute Gasteiger partial charge is 0.412 e. The minimum atomic E-state index is -0.438. The predicted molar refractivity (Wildman–Crippen MR) is 113 cm³/mol. The number of carbonyl (C=O) groups is 1. The van der Waals surface area contributed by atoms with Crippen LogP contribution in [-0.2, 0) is 0 Å². The van der Waals surface area contributed by atoms with Crippen LogP contribution in [0.25, 0.3) is 21.7 Å². The van der Waals surface area contributed by atoms with Crippen molar-refractivity contribution in [3.8, 4) is 11.5 Å². The van der Waals surface area contributed by atoms with Crippen molar-refractivity contribution in [1.82, 2.24) is 25.5 Å². The Bertz CT molecular complexity index is 1170. The van der Waals surface area contributed by atoms with Crippen LogP contribution in [0.3, 0.4) is 0 Å². The molecule has 0 aliphatic carbocycles. The lowest BCUT2D eigenvalue weighted by Gasteiger charge is -2.15. The number of rotatable bonds is 6. The molecule has 3 N–H and O–H groups in total. The number of amides is 1. The number of carbonyl (C=O) groups excluding carboxylic acids is 1. The quantitative estimate of drug-likeness (QED) is 0.441. The maximum atomic E-state index is 11.7. The number of thiazole rings is 1. The summed E-state index contributed by atoms with van der Waals surface area (Å²) in [4.78, 5) is 20.5. The van der Waals surface area contributed by atoms with Crippen LogP contribution in [0, 0.1) is 0 Å². The van der Waals surface area contributed by atoms with Crippen molar-refractivity contribution >= 4 is 44.7 Å². The van der Waals surface area contributed by atoms with Crippen molar-refractivity contribution < 1.29 is 9.21 Å². The summed E-state index contributed by atoms with van der Waals surface area (Å²) in [6, 6.07) is 8.00. The Morgan fingerprint density at radius 1 is 1.17 bits per heavy atom. The van der Waals surface area contributed by atoms with Gasteiger partial charge in [-0.2, -0.15) is 0 Å². The van der Waals surface area contributed by atoms with Crippen LogP contribution in [-0.4, -0.2) is 39.2 Å². The highest BCUT2D eigenvalue weighted by atomic mass is 32.1. The van der Waals surface area contributed by atoms with Crippen molar-refractivity contribution in [1.29, 1.82) is 0 Å². The fourth-order valence-electron chi connectivity index (χ4n) is 2.74. The molecule has 0 aliphatic rings. The Hall–Kier alpha value is -3.53. The van der Waals surface area contributed by atoms with E-state index in [9.17, 15) is 4.79 Å². The van der Waals surface area contributed by atoms with E-state index in [2.05, 4.69) is 36.1 Å². The molecular weight excluding hydrogens is 390 g/mol. The van der Waals surface area contributed by atoms with E-state index in [1.54, 1.807) is 17.5 Å². The molecule has 3 heterocycles. The Balaban J connectivity index is 1.66. The van der Waals surface area contributed by atoms with Crippen LogP contribution in [0.2, 0.25) is 0 Å². The van der Waals surface area contributed by atoms with E-state index in [-0.39, 0.29) is 17.8 Å². The Labute approximate surface area is 170 Å². The zero-order chi connectivity index (χ0) is 20.4. The second-order valence-corrected chi connectivity index (χ2v) is 7.45. The third-order valence-electron chi connectivity index (χ3n) is 4.03. The number of hydrogen-bond donors (Lipinski definition) is 3. The molecule has 0 spiro atoms. The molecule has 0 aliphatic heterocycles. The lowest BCUT2D eigenvalue weighted by atomic mass is 10.2. The van der Waals surface area contributed by atoms with Crippen molar-refractivity contribution in [2.24, 2.45) is 0 Å². The van der Waals surface area contributed by atoms with Gasteiger partial charge in [0.05, 0.1) is 27.0 Å². The molecule has 4 rings (SSSR count). The van der Waals surface area contributed by atoms with Gasteiger partial charge in [-0.1, -0.05) is 0 Å². The maximum absolute atomic E-state index is 11.7. The number of pyridine rings is 1. The summed E-state index contributed by atoms with van der Waals surface area (Å²) < 4.78 is 6.60. The van der Waals surface area contributed by atoms with E-state index in [4.69, 9.17) is 4.42 Å². The lowest BCUT2D eigenvalue weighted by molar-refractivity contribution is 0.0929. The topological polar surface area (TPSA) is 118 Å². The van der Waals surface area contributed by atoms with Crippen molar-refractivity contribution in [3.05, 3.63) is 41.9 Å². The zero-order valence-corrected chi connectivity index (χ0v) is 16.9. The lowest BCUT2D eigenvalue weighted by Crippen LogP contribution is -2.17. The molecule has 10 heteroatoms. The first-order valence-corrected chi connectivity index (χ1v) is 9.84. The van der Waals surface area contributed by atoms with Gasteiger partial charge in [-0.15, -0.1) is 21.5 Å². The standard InChI is InChI=1S/C19H19N7O2S/c1-10(2)23-14-7-16(24-11-4-5-13-15(6-11)29-9-22-13)21-8-12(14)18-25-26-19(28-18)17(27)20-3/h4-10H,1-3H3,(H,20,27)(H2,21,23,24). The number of aromatic nitrogens is 4. The van der Waals surface area contributed by atoms with Crippen LogP contribution in [0.1, 0.15) is 24.5 Å². The van der Waals surface area contributed by atoms with Crippen LogP contribution in [0.15, 0.2) is 40.4 Å². The van der Waals surface area contributed by atoms with Crippen LogP contribution >= 0.6 is 11.3 Å². The molecule has 0 saturated carbocycles. The maximum Gasteiger partial charge on any atom is 0.308 e. The van der Waals surface area contributed by atoms with Crippen LogP contribution < -0.4 is 16.0 Å². The molecule has 1 aromatic carbocycles. The Morgan fingerprint density at radius 3 is 2.83 bits per heavy atom. The van der Waals surface area contributed by atoms with Gasteiger partial charge in [0, 0.05) is 31.0 Å². The monoisotopic (exact) mass is 409 g/mol. The summed E-state index contributed by atoms with van der Waals surface area (Å²) in [6.07, 6.45) is 1.64. The molecule has 9 nitrogen and oxygen atoms in total. The summed E-state index contributed by atoms with van der Waals surface area (Å²) in [7, 11) is 1.50. The van der Waals surface area contributed by atoms with Gasteiger partial charge in [0.15, 0.2) is 0 Å². The van der Waals surface area contributed by atoms with E-state index < -0.39 is 5.91 Å². The molecule has 29 heavy (non-hydrogen) atoms. The smallest absolute Gasteiger partial charge is 0.308 e. The molecule has 0 fully saturated rings. The van der Waals surface area contributed by atoms with Gasteiger partial charge in [0.1, 0.15) is 5.82 Å². The molecule has 0 bridgehead atoms. The summed E-state index contributed by atoms with van der Waals surface area (Å²) in [5, 5.41) is 16.9. The third kappa shape index (κ3) is 4.02. The second kappa shape index (κ2) is 7.84. The fourth-order valence-corrected chi connectivity index (χ4v) is 3.45. The van der Waals surface area contributed by atoms with Crippen molar-refractivity contribution in [3.63, 3.8) is 0 Å². The van der Waals surface area contributed by atoms with Gasteiger partial charge in [0.2, 0.25) is 0 Å². The molecule has 0 saturated heterocycles. The average molecular weight is 409 g/mol. The number of fused-ring (bicyclic) bond motifs is 1. The fraction of sp³-hybridized carbons (Fsp3) is 0.211. The van der Waals surface area contributed by atoms with Gasteiger partial charge in [-0.25, -0.2) is 9.97 Å². The van der Waals surface area contributed by atoms with Crippen molar-refractivity contribution in [2.45, 2.75) is 19.9 Å². The minimum Gasteiger partial charge on any atom is -0.412 e. The molecule has 1 amide bonds. The molecular formula is C19H19N7O2S. The average Bonchev–Trinajstić information content (AvgIpc) is 3.36. The number of nitrogens with one attached hydrogen (secondary N) is 3. The van der Waals surface area contributed by atoms with Gasteiger partial charge in [0.25, 0.3) is 5.89 Å². The van der Waals surface area contributed by atoms with E-state index in [1.807, 2.05) is 43.6 Å². The Kier molecular flexibility index (Phi) is 5.09. The summed E-state index contributed by atoms with van der Waals surface area (Å²) in [5.74, 6) is 0.341. The van der Waals surface area contributed by atoms with E-state index >= 15 is 0 Å². The van der Waals surface area contributed by atoms with E-state index in [1.165, 1.54) is 7.05 Å². The highest BCUT2D eigenvalue weighted by Gasteiger charge is 2.18. The van der Waals surface area contributed by atoms with Crippen LogP contribution in [0.5, 0.6) is 0 Å². The minimum absolute atomic E-state index is 0.0990. The first-order chi connectivity index (χ1) is 14.0. The van der Waals surface area contributed by atoms with Crippen LogP contribution in [0.4, 0.5) is 17.2 Å². The van der Waals surface area contributed by atoms with Gasteiger partial charge < -0.3 is 20.4 Å². The molecule has 148 valence electrons. The first kappa shape index (κ1) is 18.8. The summed E-state index contributed by atoms with van der Waals surface area (Å²) in [5.41, 5.74) is 5.09. The van der Waals surface area contributed by atoms with E-state index in [0.717, 1.165) is 21.6 Å². The van der Waals surface area contributed by atoms with E-state index in [0.29, 0.717) is 11.4 Å².